The van der Waals surface area contributed by atoms with Gasteiger partial charge in [0.2, 0.25) is 11.8 Å². The average molecular weight is 828 g/mol. The summed E-state index contributed by atoms with van der Waals surface area (Å²) in [5.41, 5.74) is 9.76. The van der Waals surface area contributed by atoms with Crippen molar-refractivity contribution in [2.75, 3.05) is 62.2 Å². The molecule has 322 valence electrons. The van der Waals surface area contributed by atoms with Crippen molar-refractivity contribution in [3.05, 3.63) is 94.3 Å². The zero-order valence-corrected chi connectivity index (χ0v) is 36.3. The molecule has 61 heavy (non-hydrogen) atoms. The monoisotopic (exact) mass is 827 g/mol. The smallest absolute Gasteiger partial charge is 0.255 e. The highest BCUT2D eigenvalue weighted by molar-refractivity contribution is 6.05. The molecule has 6 aliphatic heterocycles. The van der Waals surface area contributed by atoms with Crippen LogP contribution in [0.2, 0.25) is 0 Å². The van der Waals surface area contributed by atoms with Gasteiger partial charge in [-0.2, -0.15) is 0 Å². The second-order valence-corrected chi connectivity index (χ2v) is 20.1. The van der Waals surface area contributed by atoms with Crippen molar-refractivity contribution in [3.8, 4) is 0 Å². The molecular weight excluding hydrogens is 766 g/mol. The Bertz CT molecular complexity index is 2210. The molecule has 7 aliphatic rings. The van der Waals surface area contributed by atoms with Gasteiger partial charge in [-0.3, -0.25) is 29.6 Å². The van der Waals surface area contributed by atoms with E-state index in [2.05, 4.69) is 86.6 Å². The molecule has 11 heteroatoms. The third-order valence-corrected chi connectivity index (χ3v) is 15.6. The molecule has 0 radical (unpaired) electrons. The molecule has 7 heterocycles. The molecule has 1 unspecified atom stereocenters. The summed E-state index contributed by atoms with van der Waals surface area (Å²) in [4.78, 5) is 54.3. The number of amides is 3. The predicted octanol–water partition coefficient (Wildman–Crippen LogP) is 7.33. The van der Waals surface area contributed by atoms with Gasteiger partial charge >= 0.3 is 0 Å². The molecule has 4 fully saturated rings. The number of likely N-dealkylation sites (tertiary alicyclic amines) is 1. The van der Waals surface area contributed by atoms with Gasteiger partial charge in [0.25, 0.3) is 5.91 Å². The Morgan fingerprint density at radius 1 is 0.836 bits per heavy atom. The van der Waals surface area contributed by atoms with Gasteiger partial charge in [-0.25, -0.2) is 4.39 Å². The van der Waals surface area contributed by atoms with Gasteiger partial charge in [-0.05, 0) is 161 Å². The number of halogens is 1. The average Bonchev–Trinajstić information content (AvgIpc) is 3.78. The highest BCUT2D eigenvalue weighted by Crippen LogP contribution is 2.49. The first-order chi connectivity index (χ1) is 29.4. The third kappa shape index (κ3) is 7.90. The van der Waals surface area contributed by atoms with E-state index in [1.807, 2.05) is 6.07 Å². The van der Waals surface area contributed by atoms with E-state index in [0.29, 0.717) is 36.4 Å². The van der Waals surface area contributed by atoms with Crippen LogP contribution in [-0.2, 0) is 22.6 Å². The van der Waals surface area contributed by atoms with Crippen molar-refractivity contribution in [1.29, 1.82) is 0 Å². The summed E-state index contributed by atoms with van der Waals surface area (Å²) in [7, 11) is 0. The maximum Gasteiger partial charge on any atom is 0.255 e. The fourth-order valence-electron chi connectivity index (χ4n) is 12.0. The standard InChI is InChI=1S/C50H62FN7O3/c1-33-26-41-39-7-5-4-6-35(39)28-42(41)46(58(33)32-49(2,3)51)43-11-9-38(29-52-43)55-20-14-34(15-21-55)30-54-22-16-50(17-23-54)18-24-56(25-19-50)37-8-10-40-36(27-37)31-57(48(40)61)44-12-13-45(59)53-47(44)60/h4-11,27,29,33-34,44,46H,12-26,28,30-32H2,1-3H3,(H,53,59,60)/t33-,44?,46+/m1/s1. The lowest BCUT2D eigenvalue weighted by molar-refractivity contribution is -0.136. The molecule has 2 aromatic carbocycles. The van der Waals surface area contributed by atoms with Gasteiger partial charge in [0, 0.05) is 69.5 Å². The molecule has 1 N–H and O–H groups in total. The second kappa shape index (κ2) is 15.9. The Labute approximate surface area is 360 Å². The largest absolute Gasteiger partial charge is 0.371 e. The topological polar surface area (TPSA) is 92.3 Å². The highest BCUT2D eigenvalue weighted by Gasteiger charge is 2.43. The number of nitrogens with one attached hydrogen (secondary N) is 1. The first-order valence-corrected chi connectivity index (χ1v) is 23.1. The normalized spacial score (nSPS) is 26.2. The first-order valence-electron chi connectivity index (χ1n) is 23.1. The van der Waals surface area contributed by atoms with Crippen LogP contribution in [0.15, 0.2) is 66.4 Å². The fraction of sp³-hybridized carbons (Fsp3) is 0.560. The van der Waals surface area contributed by atoms with E-state index in [9.17, 15) is 14.4 Å². The number of hydrogen-bond acceptors (Lipinski definition) is 8. The number of hydrogen-bond donors (Lipinski definition) is 1. The molecular formula is C50H62FN7O3. The van der Waals surface area contributed by atoms with Gasteiger partial charge < -0.3 is 19.6 Å². The quantitative estimate of drug-likeness (QED) is 0.236. The summed E-state index contributed by atoms with van der Waals surface area (Å²) in [6.45, 7) is 14.2. The fourth-order valence-corrected chi connectivity index (χ4v) is 12.0. The highest BCUT2D eigenvalue weighted by atomic mass is 19.1. The lowest BCUT2D eigenvalue weighted by Gasteiger charge is -2.48. The van der Waals surface area contributed by atoms with Crippen LogP contribution in [0.1, 0.15) is 117 Å². The SMILES string of the molecule is C[C@@H]1CC2=C(Cc3ccccc32)[C@@H](c2ccc(N3CCC(CN4CCC5(CC4)CCN(c4ccc6c(c4)CN(C4CCC(=O)NC4=O)C6=O)CC5)CC3)cn2)N1CC(C)(C)F. The predicted molar refractivity (Wildman–Crippen MR) is 237 cm³/mol. The Morgan fingerprint density at radius 3 is 2.28 bits per heavy atom. The summed E-state index contributed by atoms with van der Waals surface area (Å²) in [5, 5.41) is 2.40. The number of pyridine rings is 1. The van der Waals surface area contributed by atoms with Crippen LogP contribution in [0, 0.1) is 11.3 Å². The minimum atomic E-state index is -1.29. The van der Waals surface area contributed by atoms with E-state index >= 15 is 4.39 Å². The molecule has 0 saturated carbocycles. The molecule has 1 aromatic heterocycles. The van der Waals surface area contributed by atoms with Gasteiger partial charge in [-0.1, -0.05) is 24.3 Å². The summed E-state index contributed by atoms with van der Waals surface area (Å²) in [5.74, 6) is -0.0236. The summed E-state index contributed by atoms with van der Waals surface area (Å²) in [6.07, 6.45) is 11.9. The van der Waals surface area contributed by atoms with Crippen LogP contribution in [0.3, 0.4) is 0 Å². The molecule has 10 nitrogen and oxygen atoms in total. The molecule has 1 spiro atoms. The van der Waals surface area contributed by atoms with Crippen LogP contribution < -0.4 is 15.1 Å². The Balaban J connectivity index is 0.703. The number of nitrogens with zero attached hydrogens (tertiary/aromatic N) is 6. The number of piperidine rings is 4. The molecule has 10 rings (SSSR count). The maximum absolute atomic E-state index is 15.3. The molecule has 1 aliphatic carbocycles. The lowest BCUT2D eigenvalue weighted by atomic mass is 9.71. The molecule has 3 aromatic rings. The number of carbonyl (C=O) groups excluding carboxylic acids is 3. The van der Waals surface area contributed by atoms with Crippen LogP contribution >= 0.6 is 0 Å². The number of rotatable bonds is 8. The number of alkyl halides is 1. The zero-order valence-electron chi connectivity index (χ0n) is 36.3. The number of carbonyl (C=O) groups is 3. The lowest BCUT2D eigenvalue weighted by Crippen LogP contribution is -2.52. The Kier molecular flexibility index (Phi) is 10.6. The third-order valence-electron chi connectivity index (χ3n) is 15.6. The maximum atomic E-state index is 15.3. The number of aromatic nitrogens is 1. The summed E-state index contributed by atoms with van der Waals surface area (Å²) >= 11 is 0. The van der Waals surface area contributed by atoms with Crippen molar-refractivity contribution >= 4 is 34.7 Å². The first kappa shape index (κ1) is 40.5. The van der Waals surface area contributed by atoms with E-state index in [0.717, 1.165) is 56.0 Å². The molecule has 3 atom stereocenters. The van der Waals surface area contributed by atoms with Crippen LogP contribution in [0.5, 0.6) is 0 Å². The van der Waals surface area contributed by atoms with E-state index < -0.39 is 11.7 Å². The number of imide groups is 1. The van der Waals surface area contributed by atoms with E-state index in [-0.39, 0.29) is 36.2 Å². The Hall–Kier alpha value is -4.61. The second-order valence-electron chi connectivity index (χ2n) is 20.1. The van der Waals surface area contributed by atoms with E-state index in [1.54, 1.807) is 18.7 Å². The van der Waals surface area contributed by atoms with Crippen molar-refractivity contribution in [1.82, 2.24) is 25.0 Å². The van der Waals surface area contributed by atoms with Crippen molar-refractivity contribution < 1.29 is 18.8 Å². The number of fused-ring (bicyclic) bond motifs is 3. The van der Waals surface area contributed by atoms with Crippen LogP contribution in [0.25, 0.3) is 5.57 Å². The van der Waals surface area contributed by atoms with Crippen LogP contribution in [0.4, 0.5) is 15.8 Å². The molecule has 0 bridgehead atoms. The van der Waals surface area contributed by atoms with Crippen LogP contribution in [-0.4, -0.2) is 108 Å². The van der Waals surface area contributed by atoms with Gasteiger partial charge in [0.1, 0.15) is 11.7 Å². The zero-order chi connectivity index (χ0) is 42.0. The van der Waals surface area contributed by atoms with Gasteiger partial charge in [0.15, 0.2) is 0 Å². The summed E-state index contributed by atoms with van der Waals surface area (Å²) in [6, 6.07) is 19.1. The van der Waals surface area contributed by atoms with Crippen molar-refractivity contribution in [2.24, 2.45) is 11.3 Å². The molecule has 4 saturated heterocycles. The minimum Gasteiger partial charge on any atom is -0.371 e. The Morgan fingerprint density at radius 2 is 1.56 bits per heavy atom. The van der Waals surface area contributed by atoms with Crippen molar-refractivity contribution in [3.63, 3.8) is 0 Å². The minimum absolute atomic E-state index is 0.0170. The van der Waals surface area contributed by atoms with E-state index in [1.165, 1.54) is 86.1 Å². The summed E-state index contributed by atoms with van der Waals surface area (Å²) < 4.78 is 15.3. The van der Waals surface area contributed by atoms with Crippen molar-refractivity contribution in [2.45, 2.75) is 115 Å². The number of benzene rings is 2. The molecule has 3 amide bonds. The van der Waals surface area contributed by atoms with Gasteiger partial charge in [-0.15, -0.1) is 0 Å². The number of anilines is 2. The van der Waals surface area contributed by atoms with E-state index in [4.69, 9.17) is 4.98 Å². The van der Waals surface area contributed by atoms with Gasteiger partial charge in [0.05, 0.1) is 23.6 Å².